The van der Waals surface area contributed by atoms with Crippen LogP contribution in [0.15, 0.2) is 27.2 Å². The number of aryl methyl sites for hydroxylation is 1. The van der Waals surface area contributed by atoms with Gasteiger partial charge in [-0.05, 0) is 46.6 Å². The van der Waals surface area contributed by atoms with Gasteiger partial charge in [0.1, 0.15) is 5.75 Å². The second-order valence-corrected chi connectivity index (χ2v) is 5.31. The molecule has 0 saturated heterocycles. The first kappa shape index (κ1) is 15.0. The molecule has 0 fully saturated rings. The van der Waals surface area contributed by atoms with Gasteiger partial charge >= 0.3 is 0 Å². The SMILES string of the molecule is CCCNCc1ccc(OCc2noc(C)n2)c(Br)c1. The van der Waals surface area contributed by atoms with Crippen molar-refractivity contribution in [3.63, 3.8) is 0 Å². The summed E-state index contributed by atoms with van der Waals surface area (Å²) in [5.74, 6) is 1.86. The van der Waals surface area contributed by atoms with Crippen molar-refractivity contribution in [2.24, 2.45) is 0 Å². The monoisotopic (exact) mass is 339 g/mol. The van der Waals surface area contributed by atoms with Gasteiger partial charge in [-0.25, -0.2) is 0 Å². The van der Waals surface area contributed by atoms with Crippen molar-refractivity contribution >= 4 is 15.9 Å². The first-order valence-corrected chi connectivity index (χ1v) is 7.39. The van der Waals surface area contributed by atoms with E-state index in [2.05, 4.69) is 44.4 Å². The Morgan fingerprint density at radius 2 is 2.25 bits per heavy atom. The highest BCUT2D eigenvalue weighted by Crippen LogP contribution is 2.26. The van der Waals surface area contributed by atoms with E-state index in [1.54, 1.807) is 6.92 Å². The zero-order valence-corrected chi connectivity index (χ0v) is 13.2. The first-order chi connectivity index (χ1) is 9.69. The predicted molar refractivity (Wildman–Crippen MR) is 79.5 cm³/mol. The van der Waals surface area contributed by atoms with Crippen LogP contribution in [0.1, 0.15) is 30.6 Å². The van der Waals surface area contributed by atoms with Gasteiger partial charge in [0.05, 0.1) is 4.47 Å². The molecule has 1 N–H and O–H groups in total. The molecule has 1 heterocycles. The molecule has 1 aromatic carbocycles. The first-order valence-electron chi connectivity index (χ1n) is 6.60. The molecule has 2 aromatic rings. The van der Waals surface area contributed by atoms with Gasteiger partial charge in [-0.3, -0.25) is 0 Å². The van der Waals surface area contributed by atoms with Crippen LogP contribution in [0, 0.1) is 6.92 Å². The summed E-state index contributed by atoms with van der Waals surface area (Å²) in [6, 6.07) is 6.05. The van der Waals surface area contributed by atoms with Crippen LogP contribution in [0.2, 0.25) is 0 Å². The molecular weight excluding hydrogens is 322 g/mol. The third-order valence-electron chi connectivity index (χ3n) is 2.68. The Morgan fingerprint density at radius 3 is 2.90 bits per heavy atom. The second-order valence-electron chi connectivity index (χ2n) is 4.46. The Balaban J connectivity index is 1.92. The van der Waals surface area contributed by atoms with Crippen molar-refractivity contribution in [1.29, 1.82) is 0 Å². The highest BCUT2D eigenvalue weighted by molar-refractivity contribution is 9.10. The van der Waals surface area contributed by atoms with Crippen LogP contribution in [0.4, 0.5) is 0 Å². The summed E-state index contributed by atoms with van der Waals surface area (Å²) in [6.07, 6.45) is 1.13. The molecule has 0 aliphatic rings. The molecule has 1 aromatic heterocycles. The van der Waals surface area contributed by atoms with E-state index < -0.39 is 0 Å². The minimum Gasteiger partial charge on any atom is -0.484 e. The second kappa shape index (κ2) is 7.40. The quantitative estimate of drug-likeness (QED) is 0.784. The molecule has 0 unspecified atom stereocenters. The number of hydrogen-bond acceptors (Lipinski definition) is 5. The molecule has 108 valence electrons. The van der Waals surface area contributed by atoms with E-state index >= 15 is 0 Å². The number of benzene rings is 1. The minimum atomic E-state index is 0.295. The van der Waals surface area contributed by atoms with Gasteiger partial charge in [0.2, 0.25) is 11.7 Å². The fraction of sp³-hybridized carbons (Fsp3) is 0.429. The molecule has 6 heteroatoms. The lowest BCUT2D eigenvalue weighted by Crippen LogP contribution is -2.13. The number of aromatic nitrogens is 2. The van der Waals surface area contributed by atoms with E-state index in [9.17, 15) is 0 Å². The molecule has 0 radical (unpaired) electrons. The lowest BCUT2D eigenvalue weighted by molar-refractivity contribution is 0.284. The van der Waals surface area contributed by atoms with Crippen molar-refractivity contribution in [3.8, 4) is 5.75 Å². The van der Waals surface area contributed by atoms with E-state index in [1.807, 2.05) is 12.1 Å². The third-order valence-corrected chi connectivity index (χ3v) is 3.30. The van der Waals surface area contributed by atoms with Gasteiger partial charge in [0.25, 0.3) is 0 Å². The summed E-state index contributed by atoms with van der Waals surface area (Å²) >= 11 is 3.52. The van der Waals surface area contributed by atoms with E-state index in [-0.39, 0.29) is 0 Å². The lowest BCUT2D eigenvalue weighted by atomic mass is 10.2. The molecule has 20 heavy (non-hydrogen) atoms. The Kier molecular flexibility index (Phi) is 5.55. The number of nitrogens with zero attached hydrogens (tertiary/aromatic N) is 2. The maximum atomic E-state index is 5.66. The Morgan fingerprint density at radius 1 is 1.40 bits per heavy atom. The van der Waals surface area contributed by atoms with Crippen LogP contribution in [0.3, 0.4) is 0 Å². The van der Waals surface area contributed by atoms with Crippen molar-refractivity contribution in [2.45, 2.75) is 33.4 Å². The van der Waals surface area contributed by atoms with Crippen LogP contribution in [-0.4, -0.2) is 16.7 Å². The summed E-state index contributed by atoms with van der Waals surface area (Å²) in [5.41, 5.74) is 1.22. The fourth-order valence-corrected chi connectivity index (χ4v) is 2.26. The maximum absolute atomic E-state index is 5.66. The molecule has 2 rings (SSSR count). The molecule has 0 bridgehead atoms. The van der Waals surface area contributed by atoms with Crippen molar-refractivity contribution < 1.29 is 9.26 Å². The molecule has 5 nitrogen and oxygen atoms in total. The van der Waals surface area contributed by atoms with Crippen molar-refractivity contribution in [2.75, 3.05) is 6.54 Å². The molecule has 0 saturated carbocycles. The van der Waals surface area contributed by atoms with E-state index in [1.165, 1.54) is 5.56 Å². The minimum absolute atomic E-state index is 0.295. The number of nitrogens with one attached hydrogen (secondary N) is 1. The van der Waals surface area contributed by atoms with Gasteiger partial charge < -0.3 is 14.6 Å². The summed E-state index contributed by atoms with van der Waals surface area (Å²) in [4.78, 5) is 4.09. The summed E-state index contributed by atoms with van der Waals surface area (Å²) in [6.45, 7) is 6.08. The Hall–Kier alpha value is -1.40. The molecule has 0 spiro atoms. The zero-order valence-electron chi connectivity index (χ0n) is 11.6. The molecular formula is C14H18BrN3O2. The normalized spacial score (nSPS) is 10.8. The summed E-state index contributed by atoms with van der Waals surface area (Å²) in [7, 11) is 0. The van der Waals surface area contributed by atoms with Crippen LogP contribution in [-0.2, 0) is 13.2 Å². The Labute approximate surface area is 126 Å². The van der Waals surface area contributed by atoms with Gasteiger partial charge in [-0.2, -0.15) is 4.98 Å². The van der Waals surface area contributed by atoms with E-state index in [4.69, 9.17) is 9.26 Å². The van der Waals surface area contributed by atoms with Crippen LogP contribution in [0.25, 0.3) is 0 Å². The standard InChI is InChI=1S/C14H18BrN3O2/c1-3-6-16-8-11-4-5-13(12(15)7-11)19-9-14-17-10(2)20-18-14/h4-5,7,16H,3,6,8-9H2,1-2H3. The van der Waals surface area contributed by atoms with Crippen molar-refractivity contribution in [1.82, 2.24) is 15.5 Å². The fourth-order valence-electron chi connectivity index (χ4n) is 1.72. The van der Waals surface area contributed by atoms with Crippen LogP contribution < -0.4 is 10.1 Å². The summed E-state index contributed by atoms with van der Waals surface area (Å²) in [5, 5.41) is 7.16. The average molecular weight is 340 g/mol. The van der Waals surface area contributed by atoms with Crippen molar-refractivity contribution in [3.05, 3.63) is 40.0 Å². The predicted octanol–water partition coefficient (Wildman–Crippen LogP) is 3.22. The molecule has 0 aliphatic heterocycles. The van der Waals surface area contributed by atoms with Gasteiger partial charge in [-0.15, -0.1) is 0 Å². The molecule has 0 amide bonds. The van der Waals surface area contributed by atoms with E-state index in [0.717, 1.165) is 29.7 Å². The van der Waals surface area contributed by atoms with E-state index in [0.29, 0.717) is 18.3 Å². The number of hydrogen-bond donors (Lipinski definition) is 1. The maximum Gasteiger partial charge on any atom is 0.223 e. The largest absolute Gasteiger partial charge is 0.484 e. The molecule has 0 aliphatic carbocycles. The molecule has 0 atom stereocenters. The number of halogens is 1. The van der Waals surface area contributed by atoms with Gasteiger partial charge in [-0.1, -0.05) is 18.1 Å². The summed E-state index contributed by atoms with van der Waals surface area (Å²) < 4.78 is 11.5. The smallest absolute Gasteiger partial charge is 0.223 e. The topological polar surface area (TPSA) is 60.2 Å². The zero-order chi connectivity index (χ0) is 14.4. The lowest BCUT2D eigenvalue weighted by Gasteiger charge is -2.09. The average Bonchev–Trinajstić information content (AvgIpc) is 2.84. The highest BCUT2D eigenvalue weighted by Gasteiger charge is 2.06. The van der Waals surface area contributed by atoms with Gasteiger partial charge in [0.15, 0.2) is 6.61 Å². The van der Waals surface area contributed by atoms with Crippen LogP contribution >= 0.6 is 15.9 Å². The Bertz CT molecular complexity index is 557. The number of rotatable bonds is 7. The van der Waals surface area contributed by atoms with Gasteiger partial charge in [0, 0.05) is 13.5 Å². The third kappa shape index (κ3) is 4.31. The number of ether oxygens (including phenoxy) is 1. The highest BCUT2D eigenvalue weighted by atomic mass is 79.9. The van der Waals surface area contributed by atoms with Crippen LogP contribution in [0.5, 0.6) is 5.75 Å².